The van der Waals surface area contributed by atoms with Crippen molar-refractivity contribution in [3.8, 4) is 0 Å². The van der Waals surface area contributed by atoms with Crippen LogP contribution in [-0.4, -0.2) is 10.9 Å². The van der Waals surface area contributed by atoms with Crippen LogP contribution >= 0.6 is 11.6 Å². The first kappa shape index (κ1) is 13.3. The van der Waals surface area contributed by atoms with Gasteiger partial charge in [-0.1, -0.05) is 17.7 Å². The third kappa shape index (κ3) is 3.42. The van der Waals surface area contributed by atoms with E-state index in [-0.39, 0.29) is 28.6 Å². The Hall–Kier alpha value is -2.14. The van der Waals surface area contributed by atoms with Crippen LogP contribution in [0.1, 0.15) is 15.9 Å². The number of halogens is 2. The molecule has 0 bridgehead atoms. The van der Waals surface area contributed by atoms with Gasteiger partial charge in [-0.3, -0.25) is 9.59 Å². The molecule has 0 unspecified atom stereocenters. The van der Waals surface area contributed by atoms with E-state index in [9.17, 15) is 14.0 Å². The number of rotatable bonds is 3. The molecular formula is C13H10ClFN2O2. The summed E-state index contributed by atoms with van der Waals surface area (Å²) in [5.41, 5.74) is 0.582. The standard InChI is InChI=1S/C13H10ClFN2O2/c14-10-5-8(1-2-11(10)15)7-17-13(19)9-3-4-16-12(18)6-9/h1-6H,7H2,(H,16,18)(H,17,19). The van der Waals surface area contributed by atoms with Crippen LogP contribution in [0.15, 0.2) is 41.3 Å². The van der Waals surface area contributed by atoms with Gasteiger partial charge in [0.2, 0.25) is 5.56 Å². The maximum absolute atomic E-state index is 12.9. The lowest BCUT2D eigenvalue weighted by molar-refractivity contribution is 0.0950. The van der Waals surface area contributed by atoms with Gasteiger partial charge in [0.05, 0.1) is 5.02 Å². The normalized spacial score (nSPS) is 10.2. The van der Waals surface area contributed by atoms with Gasteiger partial charge in [-0.2, -0.15) is 0 Å². The Kier molecular flexibility index (Phi) is 3.97. The van der Waals surface area contributed by atoms with Gasteiger partial charge in [0.15, 0.2) is 0 Å². The molecule has 1 aromatic carbocycles. The smallest absolute Gasteiger partial charge is 0.251 e. The summed E-state index contributed by atoms with van der Waals surface area (Å²) in [5, 5.41) is 2.62. The molecule has 0 aliphatic carbocycles. The topological polar surface area (TPSA) is 62.0 Å². The van der Waals surface area contributed by atoms with E-state index in [1.54, 1.807) is 0 Å². The zero-order valence-electron chi connectivity index (χ0n) is 9.74. The monoisotopic (exact) mass is 280 g/mol. The maximum atomic E-state index is 12.9. The fourth-order valence-electron chi connectivity index (χ4n) is 1.52. The van der Waals surface area contributed by atoms with Crippen molar-refractivity contribution in [1.82, 2.24) is 10.3 Å². The van der Waals surface area contributed by atoms with Gasteiger partial charge in [-0.15, -0.1) is 0 Å². The van der Waals surface area contributed by atoms with Crippen molar-refractivity contribution in [3.05, 3.63) is 68.8 Å². The maximum Gasteiger partial charge on any atom is 0.251 e. The second-order valence-corrected chi connectivity index (χ2v) is 4.28. The molecule has 1 amide bonds. The lowest BCUT2D eigenvalue weighted by atomic mass is 10.2. The van der Waals surface area contributed by atoms with E-state index in [2.05, 4.69) is 10.3 Å². The second kappa shape index (κ2) is 5.67. The summed E-state index contributed by atoms with van der Waals surface area (Å²) in [5.74, 6) is -0.891. The summed E-state index contributed by atoms with van der Waals surface area (Å²) in [6.45, 7) is 0.200. The summed E-state index contributed by atoms with van der Waals surface area (Å²) in [6, 6.07) is 6.90. The zero-order valence-corrected chi connectivity index (χ0v) is 10.5. The molecule has 0 fully saturated rings. The number of H-pyrrole nitrogens is 1. The third-order valence-corrected chi connectivity index (χ3v) is 2.76. The number of aromatic nitrogens is 1. The minimum absolute atomic E-state index is 0.00269. The molecule has 1 heterocycles. The van der Waals surface area contributed by atoms with Crippen LogP contribution in [0.3, 0.4) is 0 Å². The Morgan fingerprint density at radius 1 is 1.32 bits per heavy atom. The minimum Gasteiger partial charge on any atom is -0.348 e. The van der Waals surface area contributed by atoms with Gasteiger partial charge in [0, 0.05) is 24.4 Å². The molecule has 1 aromatic heterocycles. The molecule has 0 atom stereocenters. The first-order valence-electron chi connectivity index (χ1n) is 5.47. The highest BCUT2D eigenvalue weighted by Crippen LogP contribution is 2.15. The average Bonchev–Trinajstić information content (AvgIpc) is 2.40. The Morgan fingerprint density at radius 2 is 2.11 bits per heavy atom. The van der Waals surface area contributed by atoms with Crippen molar-refractivity contribution in [3.63, 3.8) is 0 Å². The molecule has 98 valence electrons. The van der Waals surface area contributed by atoms with Crippen molar-refractivity contribution in [2.75, 3.05) is 0 Å². The number of carbonyl (C=O) groups excluding carboxylic acids is 1. The minimum atomic E-state index is -0.508. The van der Waals surface area contributed by atoms with E-state index in [0.717, 1.165) is 0 Å². The van der Waals surface area contributed by atoms with Crippen molar-refractivity contribution in [2.24, 2.45) is 0 Å². The summed E-state index contributed by atoms with van der Waals surface area (Å²) in [4.78, 5) is 25.2. The third-order valence-electron chi connectivity index (χ3n) is 2.47. The Bertz CT molecular complexity index is 670. The number of hydrogen-bond acceptors (Lipinski definition) is 2. The molecule has 0 radical (unpaired) electrons. The lowest BCUT2D eigenvalue weighted by Crippen LogP contribution is -2.24. The molecule has 0 aliphatic heterocycles. The summed E-state index contributed by atoms with van der Waals surface area (Å²) in [7, 11) is 0. The van der Waals surface area contributed by atoms with Crippen LogP contribution in [0.25, 0.3) is 0 Å². The van der Waals surface area contributed by atoms with E-state index in [1.165, 1.54) is 36.5 Å². The highest BCUT2D eigenvalue weighted by Gasteiger charge is 2.06. The summed E-state index contributed by atoms with van der Waals surface area (Å²) in [6.07, 6.45) is 1.39. The molecule has 2 N–H and O–H groups in total. The number of amides is 1. The second-order valence-electron chi connectivity index (χ2n) is 3.87. The van der Waals surface area contributed by atoms with E-state index in [0.29, 0.717) is 5.56 Å². The van der Waals surface area contributed by atoms with E-state index < -0.39 is 5.82 Å². The van der Waals surface area contributed by atoms with Crippen molar-refractivity contribution in [2.45, 2.75) is 6.54 Å². The SMILES string of the molecule is O=C(NCc1ccc(F)c(Cl)c1)c1cc[nH]c(=O)c1. The van der Waals surface area contributed by atoms with Crippen molar-refractivity contribution in [1.29, 1.82) is 0 Å². The van der Waals surface area contributed by atoms with Gasteiger partial charge in [0.25, 0.3) is 5.91 Å². The fraction of sp³-hybridized carbons (Fsp3) is 0.0769. The van der Waals surface area contributed by atoms with Crippen molar-refractivity contribution >= 4 is 17.5 Å². The zero-order chi connectivity index (χ0) is 13.8. The molecule has 2 rings (SSSR count). The number of pyridine rings is 1. The van der Waals surface area contributed by atoms with Crippen molar-refractivity contribution < 1.29 is 9.18 Å². The average molecular weight is 281 g/mol. The molecule has 0 saturated heterocycles. The highest BCUT2D eigenvalue weighted by molar-refractivity contribution is 6.30. The number of hydrogen-bond donors (Lipinski definition) is 2. The molecule has 2 aromatic rings. The largest absolute Gasteiger partial charge is 0.348 e. The number of aromatic amines is 1. The fourth-order valence-corrected chi connectivity index (χ4v) is 1.72. The molecule has 0 saturated carbocycles. The Morgan fingerprint density at radius 3 is 2.79 bits per heavy atom. The van der Waals surface area contributed by atoms with Crippen LogP contribution in [0.5, 0.6) is 0 Å². The highest BCUT2D eigenvalue weighted by atomic mass is 35.5. The van der Waals surface area contributed by atoms with Gasteiger partial charge < -0.3 is 10.3 Å². The molecule has 0 spiro atoms. The van der Waals surface area contributed by atoms with E-state index >= 15 is 0 Å². The van der Waals surface area contributed by atoms with Crippen LogP contribution in [0, 0.1) is 5.82 Å². The first-order valence-corrected chi connectivity index (χ1v) is 5.85. The van der Waals surface area contributed by atoms with Gasteiger partial charge in [-0.05, 0) is 23.8 Å². The van der Waals surface area contributed by atoms with Crippen LogP contribution in [0.2, 0.25) is 5.02 Å². The van der Waals surface area contributed by atoms with Gasteiger partial charge in [0.1, 0.15) is 5.82 Å². The summed E-state index contributed by atoms with van der Waals surface area (Å²) >= 11 is 5.63. The molecule has 6 heteroatoms. The van der Waals surface area contributed by atoms with Gasteiger partial charge >= 0.3 is 0 Å². The first-order chi connectivity index (χ1) is 9.06. The Balaban J connectivity index is 2.04. The lowest BCUT2D eigenvalue weighted by Gasteiger charge is -2.05. The van der Waals surface area contributed by atoms with E-state index in [4.69, 9.17) is 11.6 Å². The number of nitrogens with one attached hydrogen (secondary N) is 2. The molecule has 19 heavy (non-hydrogen) atoms. The van der Waals surface area contributed by atoms with Crippen LogP contribution in [0.4, 0.5) is 4.39 Å². The van der Waals surface area contributed by atoms with Crippen LogP contribution in [-0.2, 0) is 6.54 Å². The van der Waals surface area contributed by atoms with Crippen LogP contribution < -0.4 is 10.9 Å². The van der Waals surface area contributed by atoms with E-state index in [1.807, 2.05) is 0 Å². The predicted octanol–water partition coefficient (Wildman–Crippen LogP) is 2.10. The Labute approximate surface area is 113 Å². The molecular weight excluding hydrogens is 271 g/mol. The van der Waals surface area contributed by atoms with Gasteiger partial charge in [-0.25, -0.2) is 4.39 Å². The predicted molar refractivity (Wildman–Crippen MR) is 69.6 cm³/mol. The molecule has 4 nitrogen and oxygen atoms in total. The number of benzene rings is 1. The number of carbonyl (C=O) groups is 1. The molecule has 0 aliphatic rings. The summed E-state index contributed by atoms with van der Waals surface area (Å²) < 4.78 is 12.9. The quantitative estimate of drug-likeness (QED) is 0.904.